The lowest BCUT2D eigenvalue weighted by Crippen LogP contribution is -2.45. The van der Waals surface area contributed by atoms with Crippen molar-refractivity contribution in [2.75, 3.05) is 19.6 Å². The number of likely N-dealkylation sites (tertiary alicyclic amines) is 1. The second-order valence-corrected chi connectivity index (χ2v) is 9.13. The zero-order valence-electron chi connectivity index (χ0n) is 18.1. The molecule has 2 aromatic heterocycles. The molecule has 0 radical (unpaired) electrons. The third-order valence-electron chi connectivity index (χ3n) is 5.75. The molecular formula is C21H27F3N4O3S. The van der Waals surface area contributed by atoms with Crippen LogP contribution in [-0.2, 0) is 29.7 Å². The van der Waals surface area contributed by atoms with Gasteiger partial charge in [-0.3, -0.25) is 9.69 Å². The summed E-state index contributed by atoms with van der Waals surface area (Å²) in [6.07, 6.45) is 0.292. The molecule has 1 atom stereocenters. The van der Waals surface area contributed by atoms with E-state index in [2.05, 4.69) is 37.7 Å². The number of carboxylic acids is 1. The molecule has 1 fully saturated rings. The van der Waals surface area contributed by atoms with E-state index in [4.69, 9.17) is 9.90 Å². The number of piperidine rings is 1. The van der Waals surface area contributed by atoms with Gasteiger partial charge in [0.25, 0.3) is 0 Å². The van der Waals surface area contributed by atoms with Crippen molar-refractivity contribution in [2.24, 2.45) is 7.05 Å². The van der Waals surface area contributed by atoms with Crippen molar-refractivity contribution < 1.29 is 27.9 Å². The number of rotatable bonds is 3. The van der Waals surface area contributed by atoms with Crippen LogP contribution in [0, 0.1) is 6.92 Å². The average molecular weight is 473 g/mol. The van der Waals surface area contributed by atoms with Gasteiger partial charge in [0.1, 0.15) is 0 Å². The number of thiophene rings is 1. The number of carbonyl (C=O) groups is 2. The van der Waals surface area contributed by atoms with Crippen LogP contribution in [0.1, 0.15) is 47.0 Å². The first kappa shape index (κ1) is 24.2. The Hall–Kier alpha value is -2.40. The summed E-state index contributed by atoms with van der Waals surface area (Å²) in [4.78, 5) is 32.6. The topological polar surface area (TPSA) is 78.7 Å². The third-order valence-corrected chi connectivity index (χ3v) is 6.76. The molecule has 1 N–H and O–H groups in total. The van der Waals surface area contributed by atoms with Crippen LogP contribution in [0.15, 0.2) is 17.8 Å². The number of halogens is 3. The van der Waals surface area contributed by atoms with E-state index in [1.807, 2.05) is 13.4 Å². The van der Waals surface area contributed by atoms with Crippen LogP contribution in [0.5, 0.6) is 0 Å². The van der Waals surface area contributed by atoms with E-state index in [9.17, 15) is 18.0 Å². The van der Waals surface area contributed by atoms with Crippen molar-refractivity contribution in [3.63, 3.8) is 0 Å². The van der Waals surface area contributed by atoms with E-state index < -0.39 is 12.1 Å². The molecule has 0 spiro atoms. The Kier molecular flexibility index (Phi) is 7.60. The monoisotopic (exact) mass is 472 g/mol. The number of nitrogens with zero attached hydrogens (tertiary/aromatic N) is 4. The molecule has 7 nitrogen and oxygen atoms in total. The van der Waals surface area contributed by atoms with Gasteiger partial charge in [0, 0.05) is 44.6 Å². The lowest BCUT2D eigenvalue weighted by molar-refractivity contribution is -0.192. The minimum Gasteiger partial charge on any atom is -0.475 e. The summed E-state index contributed by atoms with van der Waals surface area (Å²) in [5, 5.41) is 9.27. The molecule has 0 saturated carbocycles. The Bertz CT molecular complexity index is 950. The quantitative estimate of drug-likeness (QED) is 0.740. The average Bonchev–Trinajstić information content (AvgIpc) is 3.33. The SMILES string of the molecule is Cc1ccsc1CN1Cc2ncn(C)c2C(C(=O)N2CCCCC2)C1.O=C(O)C(F)(F)F. The van der Waals surface area contributed by atoms with Crippen molar-refractivity contribution >= 4 is 23.2 Å². The van der Waals surface area contributed by atoms with E-state index in [1.54, 1.807) is 11.3 Å². The summed E-state index contributed by atoms with van der Waals surface area (Å²) >= 11 is 1.80. The molecule has 32 heavy (non-hydrogen) atoms. The molecular weight excluding hydrogens is 445 g/mol. The molecule has 1 unspecified atom stereocenters. The first-order valence-corrected chi connectivity index (χ1v) is 11.3. The van der Waals surface area contributed by atoms with E-state index in [-0.39, 0.29) is 11.8 Å². The maximum Gasteiger partial charge on any atom is 0.490 e. The number of hydrogen-bond donors (Lipinski definition) is 1. The Morgan fingerprint density at radius 3 is 2.47 bits per heavy atom. The number of alkyl halides is 3. The number of aliphatic carboxylic acids is 1. The summed E-state index contributed by atoms with van der Waals surface area (Å²) in [7, 11) is 2.02. The highest BCUT2D eigenvalue weighted by Crippen LogP contribution is 2.31. The highest BCUT2D eigenvalue weighted by molar-refractivity contribution is 7.10. The molecule has 11 heteroatoms. The first-order chi connectivity index (χ1) is 15.1. The van der Waals surface area contributed by atoms with Crippen molar-refractivity contribution in [3.8, 4) is 0 Å². The van der Waals surface area contributed by atoms with E-state index in [0.29, 0.717) is 0 Å². The molecule has 176 valence electrons. The minimum absolute atomic E-state index is 0.0883. The smallest absolute Gasteiger partial charge is 0.475 e. The summed E-state index contributed by atoms with van der Waals surface area (Å²) < 4.78 is 33.8. The summed E-state index contributed by atoms with van der Waals surface area (Å²) in [6.45, 7) is 6.51. The van der Waals surface area contributed by atoms with Crippen molar-refractivity contribution in [1.82, 2.24) is 19.4 Å². The molecule has 1 saturated heterocycles. The fraction of sp³-hybridized carbons (Fsp3) is 0.571. The number of aryl methyl sites for hydroxylation is 2. The van der Waals surface area contributed by atoms with Gasteiger partial charge in [-0.2, -0.15) is 13.2 Å². The predicted octanol–water partition coefficient (Wildman–Crippen LogP) is 3.54. The van der Waals surface area contributed by atoms with Crippen LogP contribution < -0.4 is 0 Å². The Morgan fingerprint density at radius 1 is 1.25 bits per heavy atom. The number of aromatic nitrogens is 2. The normalized spacial score (nSPS) is 19.2. The highest BCUT2D eigenvalue weighted by Gasteiger charge is 2.38. The predicted molar refractivity (Wildman–Crippen MR) is 113 cm³/mol. The van der Waals surface area contributed by atoms with Crippen LogP contribution in [0.3, 0.4) is 0 Å². The largest absolute Gasteiger partial charge is 0.490 e. The van der Waals surface area contributed by atoms with Gasteiger partial charge >= 0.3 is 12.1 Å². The molecule has 1 amide bonds. The standard InChI is InChI=1S/C19H26N4OS.C2HF3O2/c1-14-6-9-25-17(14)12-22-10-15(18-16(11-22)20-13-21(18)2)19(24)23-7-4-3-5-8-23;3-2(4,5)1(6)7/h6,9,13,15H,3-5,7-8,10-12H2,1-2H3;(H,6,7). The number of amides is 1. The van der Waals surface area contributed by atoms with Gasteiger partial charge in [0.2, 0.25) is 5.91 Å². The van der Waals surface area contributed by atoms with Gasteiger partial charge in [-0.05, 0) is 43.2 Å². The maximum absolute atomic E-state index is 13.2. The lowest BCUT2D eigenvalue weighted by Gasteiger charge is -2.36. The molecule has 2 aromatic rings. The highest BCUT2D eigenvalue weighted by atomic mass is 32.1. The number of hydrogen-bond acceptors (Lipinski definition) is 5. The van der Waals surface area contributed by atoms with Crippen LogP contribution in [0.25, 0.3) is 0 Å². The van der Waals surface area contributed by atoms with Crippen LogP contribution in [-0.4, -0.2) is 62.1 Å². The summed E-state index contributed by atoms with van der Waals surface area (Å²) in [5.74, 6) is -2.56. The van der Waals surface area contributed by atoms with Crippen molar-refractivity contribution in [3.05, 3.63) is 39.6 Å². The molecule has 2 aliphatic rings. The van der Waals surface area contributed by atoms with E-state index >= 15 is 0 Å². The summed E-state index contributed by atoms with van der Waals surface area (Å²) in [5.41, 5.74) is 3.53. The Labute approximate surface area is 188 Å². The van der Waals surface area contributed by atoms with Crippen molar-refractivity contribution in [1.29, 1.82) is 0 Å². The minimum atomic E-state index is -5.08. The molecule has 4 heterocycles. The third kappa shape index (κ3) is 5.69. The summed E-state index contributed by atoms with van der Waals surface area (Å²) in [6, 6.07) is 2.17. The molecule has 0 aromatic carbocycles. The Balaban J connectivity index is 0.000000360. The van der Waals surface area contributed by atoms with Gasteiger partial charge in [-0.25, -0.2) is 9.78 Å². The second-order valence-electron chi connectivity index (χ2n) is 8.13. The number of carboxylic acid groups (broad SMARTS) is 1. The van der Waals surface area contributed by atoms with Gasteiger partial charge in [-0.15, -0.1) is 11.3 Å². The van der Waals surface area contributed by atoms with Crippen LogP contribution in [0.4, 0.5) is 13.2 Å². The van der Waals surface area contributed by atoms with Gasteiger partial charge in [0.15, 0.2) is 0 Å². The van der Waals surface area contributed by atoms with Crippen LogP contribution >= 0.6 is 11.3 Å². The zero-order valence-corrected chi connectivity index (χ0v) is 18.9. The Morgan fingerprint density at radius 2 is 1.91 bits per heavy atom. The van der Waals surface area contributed by atoms with Crippen LogP contribution in [0.2, 0.25) is 0 Å². The lowest BCUT2D eigenvalue weighted by atomic mass is 9.95. The fourth-order valence-corrected chi connectivity index (χ4v) is 5.04. The van der Waals surface area contributed by atoms with Gasteiger partial charge in [0.05, 0.1) is 23.6 Å². The van der Waals surface area contributed by atoms with E-state index in [1.165, 1.54) is 16.9 Å². The number of carbonyl (C=O) groups excluding carboxylic acids is 1. The maximum atomic E-state index is 13.2. The molecule has 4 rings (SSSR count). The number of fused-ring (bicyclic) bond motifs is 1. The van der Waals surface area contributed by atoms with Gasteiger partial charge in [-0.1, -0.05) is 0 Å². The zero-order chi connectivity index (χ0) is 23.5. The second kappa shape index (κ2) is 10.0. The molecule has 2 aliphatic heterocycles. The van der Waals surface area contributed by atoms with Gasteiger partial charge < -0.3 is 14.6 Å². The molecule has 0 aliphatic carbocycles. The van der Waals surface area contributed by atoms with E-state index in [0.717, 1.165) is 57.0 Å². The molecule has 0 bridgehead atoms. The first-order valence-electron chi connectivity index (χ1n) is 10.4. The number of imidazole rings is 1. The van der Waals surface area contributed by atoms with Crippen molar-refractivity contribution in [2.45, 2.75) is 51.4 Å². The fourth-order valence-electron chi connectivity index (χ4n) is 4.10.